The van der Waals surface area contributed by atoms with Crippen molar-refractivity contribution in [1.29, 1.82) is 5.26 Å². The molecule has 3 atom stereocenters. The molecule has 0 N–H and O–H groups in total. The summed E-state index contributed by atoms with van der Waals surface area (Å²) >= 11 is 0. The third-order valence-corrected chi connectivity index (χ3v) is 2.41. The third-order valence-electron chi connectivity index (χ3n) is 2.41. The van der Waals surface area contributed by atoms with E-state index in [0.29, 0.717) is 13.0 Å². The maximum absolute atomic E-state index is 13.0. The molecule has 1 fully saturated rings. The van der Waals surface area contributed by atoms with E-state index in [1.807, 2.05) is 24.9 Å². The van der Waals surface area contributed by atoms with Crippen molar-refractivity contribution in [3.05, 3.63) is 0 Å². The SMILES string of the molecule is C[C@@H]1CC(F)C(C#N)CN1C. The van der Waals surface area contributed by atoms with Gasteiger partial charge in [0.2, 0.25) is 0 Å². The molecule has 0 aromatic heterocycles. The lowest BCUT2D eigenvalue weighted by Crippen LogP contribution is -2.44. The lowest BCUT2D eigenvalue weighted by molar-refractivity contribution is 0.0908. The highest BCUT2D eigenvalue weighted by atomic mass is 19.1. The van der Waals surface area contributed by atoms with E-state index in [2.05, 4.69) is 0 Å². The van der Waals surface area contributed by atoms with Crippen LogP contribution in [0.3, 0.4) is 0 Å². The first-order valence-electron chi connectivity index (χ1n) is 3.89. The van der Waals surface area contributed by atoms with Crippen LogP contribution in [-0.2, 0) is 0 Å². The largest absolute Gasteiger partial charge is 0.302 e. The quantitative estimate of drug-likeness (QED) is 0.526. The van der Waals surface area contributed by atoms with Crippen molar-refractivity contribution in [3.63, 3.8) is 0 Å². The fourth-order valence-electron chi connectivity index (χ4n) is 1.40. The first kappa shape index (κ1) is 8.48. The van der Waals surface area contributed by atoms with Crippen LogP contribution in [0.15, 0.2) is 0 Å². The summed E-state index contributed by atoms with van der Waals surface area (Å²) in [5, 5.41) is 8.55. The Hall–Kier alpha value is -0.620. The van der Waals surface area contributed by atoms with Gasteiger partial charge in [-0.3, -0.25) is 0 Å². The van der Waals surface area contributed by atoms with Crippen LogP contribution in [0.1, 0.15) is 13.3 Å². The van der Waals surface area contributed by atoms with Gasteiger partial charge in [-0.2, -0.15) is 5.26 Å². The van der Waals surface area contributed by atoms with Crippen molar-refractivity contribution >= 4 is 0 Å². The van der Waals surface area contributed by atoms with Gasteiger partial charge in [0.25, 0.3) is 0 Å². The number of rotatable bonds is 0. The minimum Gasteiger partial charge on any atom is -0.302 e. The predicted molar refractivity (Wildman–Crippen MR) is 40.7 cm³/mol. The Labute approximate surface area is 66.6 Å². The van der Waals surface area contributed by atoms with Crippen molar-refractivity contribution in [3.8, 4) is 6.07 Å². The second-order valence-corrected chi connectivity index (χ2v) is 3.28. The molecule has 0 aromatic rings. The van der Waals surface area contributed by atoms with Crippen molar-refractivity contribution < 1.29 is 4.39 Å². The molecule has 1 rings (SSSR count). The molecule has 1 aliphatic rings. The van der Waals surface area contributed by atoms with Crippen LogP contribution in [0.25, 0.3) is 0 Å². The Kier molecular flexibility index (Phi) is 2.45. The summed E-state index contributed by atoms with van der Waals surface area (Å²) in [4.78, 5) is 2.03. The monoisotopic (exact) mass is 156 g/mol. The average molecular weight is 156 g/mol. The molecule has 1 heterocycles. The zero-order chi connectivity index (χ0) is 8.43. The Morgan fingerprint density at radius 1 is 1.64 bits per heavy atom. The van der Waals surface area contributed by atoms with E-state index in [9.17, 15) is 4.39 Å². The molecule has 2 nitrogen and oxygen atoms in total. The molecule has 0 radical (unpaired) electrons. The van der Waals surface area contributed by atoms with E-state index < -0.39 is 12.1 Å². The van der Waals surface area contributed by atoms with Crippen LogP contribution >= 0.6 is 0 Å². The lowest BCUT2D eigenvalue weighted by Gasteiger charge is -2.34. The molecule has 0 bridgehead atoms. The molecule has 62 valence electrons. The topological polar surface area (TPSA) is 27.0 Å². The maximum Gasteiger partial charge on any atom is 0.119 e. The summed E-state index contributed by atoms with van der Waals surface area (Å²) in [6.45, 7) is 2.55. The zero-order valence-electron chi connectivity index (χ0n) is 6.92. The molecule has 0 aromatic carbocycles. The molecule has 1 saturated heterocycles. The van der Waals surface area contributed by atoms with Crippen molar-refractivity contribution in [1.82, 2.24) is 4.90 Å². The summed E-state index contributed by atoms with van der Waals surface area (Å²) < 4.78 is 13.0. The number of likely N-dealkylation sites (tertiary alicyclic amines) is 1. The minimum atomic E-state index is -0.925. The predicted octanol–water partition coefficient (Wildman–Crippen LogP) is 1.19. The number of nitriles is 1. The number of alkyl halides is 1. The van der Waals surface area contributed by atoms with Crippen molar-refractivity contribution in [2.24, 2.45) is 5.92 Å². The number of halogens is 1. The third kappa shape index (κ3) is 1.69. The number of piperidine rings is 1. The minimum absolute atomic E-state index is 0.273. The van der Waals surface area contributed by atoms with Gasteiger partial charge >= 0.3 is 0 Å². The molecule has 11 heavy (non-hydrogen) atoms. The van der Waals surface area contributed by atoms with Gasteiger partial charge < -0.3 is 4.90 Å². The maximum atomic E-state index is 13.0. The van der Waals surface area contributed by atoms with E-state index in [0.717, 1.165) is 0 Å². The molecule has 0 amide bonds. The Morgan fingerprint density at radius 2 is 2.27 bits per heavy atom. The highest BCUT2D eigenvalue weighted by molar-refractivity contribution is 4.95. The molecule has 0 spiro atoms. The molecule has 0 aliphatic carbocycles. The van der Waals surface area contributed by atoms with Gasteiger partial charge in [0, 0.05) is 12.6 Å². The van der Waals surface area contributed by atoms with Crippen LogP contribution < -0.4 is 0 Å². The fraction of sp³-hybridized carbons (Fsp3) is 0.875. The summed E-state index contributed by atoms with van der Waals surface area (Å²) in [5.74, 6) is -0.420. The van der Waals surface area contributed by atoms with Crippen LogP contribution in [0.2, 0.25) is 0 Å². The Bertz CT molecular complexity index is 175. The fourth-order valence-corrected chi connectivity index (χ4v) is 1.40. The molecule has 3 heteroatoms. The second-order valence-electron chi connectivity index (χ2n) is 3.28. The van der Waals surface area contributed by atoms with E-state index in [-0.39, 0.29) is 6.04 Å². The summed E-state index contributed by atoms with van der Waals surface area (Å²) in [5.41, 5.74) is 0. The Balaban J connectivity index is 2.56. The van der Waals surface area contributed by atoms with Crippen molar-refractivity contribution in [2.45, 2.75) is 25.6 Å². The van der Waals surface area contributed by atoms with E-state index in [1.165, 1.54) is 0 Å². The molecule has 0 saturated carbocycles. The van der Waals surface area contributed by atoms with Gasteiger partial charge in [-0.1, -0.05) is 0 Å². The van der Waals surface area contributed by atoms with Gasteiger partial charge in [0.1, 0.15) is 6.17 Å². The van der Waals surface area contributed by atoms with E-state index in [1.54, 1.807) is 0 Å². The van der Waals surface area contributed by atoms with Gasteiger partial charge in [-0.15, -0.1) is 0 Å². The molecule has 1 aliphatic heterocycles. The first-order chi connectivity index (χ1) is 5.15. The van der Waals surface area contributed by atoms with Crippen LogP contribution in [0.5, 0.6) is 0 Å². The van der Waals surface area contributed by atoms with Crippen LogP contribution in [0.4, 0.5) is 4.39 Å². The highest BCUT2D eigenvalue weighted by Crippen LogP contribution is 2.22. The van der Waals surface area contributed by atoms with Crippen LogP contribution in [-0.4, -0.2) is 30.7 Å². The Morgan fingerprint density at radius 3 is 2.82 bits per heavy atom. The molecular formula is C8H13FN2. The standard InChI is InChI=1S/C8H13FN2/c1-6-3-8(9)7(4-10)5-11(6)2/h6-8H,3,5H2,1-2H3/t6-,7?,8?/m1/s1. The average Bonchev–Trinajstić information content (AvgIpc) is 1.97. The van der Waals surface area contributed by atoms with E-state index >= 15 is 0 Å². The summed E-state index contributed by atoms with van der Waals surface area (Å²) in [6.07, 6.45) is -0.430. The van der Waals surface area contributed by atoms with Gasteiger partial charge in [-0.05, 0) is 20.4 Å². The van der Waals surface area contributed by atoms with E-state index in [4.69, 9.17) is 5.26 Å². The smallest absolute Gasteiger partial charge is 0.119 e. The summed E-state index contributed by atoms with van der Waals surface area (Å²) in [7, 11) is 1.93. The van der Waals surface area contributed by atoms with Crippen molar-refractivity contribution in [2.75, 3.05) is 13.6 Å². The molecular weight excluding hydrogens is 143 g/mol. The number of hydrogen-bond acceptors (Lipinski definition) is 2. The number of hydrogen-bond donors (Lipinski definition) is 0. The van der Waals surface area contributed by atoms with Crippen LogP contribution in [0, 0.1) is 17.2 Å². The normalized spacial score (nSPS) is 40.0. The first-order valence-corrected chi connectivity index (χ1v) is 3.89. The number of nitrogens with zero attached hydrogens (tertiary/aromatic N) is 2. The van der Waals surface area contributed by atoms with Gasteiger partial charge in [-0.25, -0.2) is 4.39 Å². The molecule has 2 unspecified atom stereocenters. The zero-order valence-corrected chi connectivity index (χ0v) is 6.92. The van der Waals surface area contributed by atoms with Gasteiger partial charge in [0.15, 0.2) is 0 Å². The lowest BCUT2D eigenvalue weighted by atomic mass is 9.93. The summed E-state index contributed by atoms with van der Waals surface area (Å²) in [6, 6.07) is 2.26. The van der Waals surface area contributed by atoms with Gasteiger partial charge in [0.05, 0.1) is 12.0 Å². The second kappa shape index (κ2) is 3.19. The highest BCUT2D eigenvalue weighted by Gasteiger charge is 2.31.